The maximum Gasteiger partial charge on any atom is 0.240 e. The predicted molar refractivity (Wildman–Crippen MR) is 51.1 cm³/mol. The molecule has 1 atom stereocenters. The van der Waals surface area contributed by atoms with E-state index in [0.717, 1.165) is 0 Å². The number of carbonyl (C=O) groups excluding carboxylic acids is 2. The van der Waals surface area contributed by atoms with Gasteiger partial charge < -0.3 is 10.2 Å². The minimum Gasteiger partial charge on any atom is -0.358 e. The van der Waals surface area contributed by atoms with Gasteiger partial charge in [-0.15, -0.1) is 0 Å². The van der Waals surface area contributed by atoms with Gasteiger partial charge in [0.05, 0.1) is 12.6 Å². The zero-order valence-electron chi connectivity index (χ0n) is 8.70. The van der Waals surface area contributed by atoms with Crippen molar-refractivity contribution >= 4 is 11.8 Å². The summed E-state index contributed by atoms with van der Waals surface area (Å²) in [6.45, 7) is 1.76. The largest absolute Gasteiger partial charge is 0.358 e. The number of carbonyl (C=O) groups is 2. The summed E-state index contributed by atoms with van der Waals surface area (Å²) in [5.74, 6) is -1.20. The molecule has 14 heavy (non-hydrogen) atoms. The second-order valence-corrected chi connectivity index (χ2v) is 2.96. The van der Waals surface area contributed by atoms with Crippen LogP contribution in [0.1, 0.15) is 13.3 Å². The zero-order chi connectivity index (χ0) is 11.1. The van der Waals surface area contributed by atoms with Crippen LogP contribution in [0.5, 0.6) is 0 Å². The van der Waals surface area contributed by atoms with Crippen LogP contribution in [0.3, 0.4) is 0 Å². The van der Waals surface area contributed by atoms with Crippen LogP contribution in [0.2, 0.25) is 0 Å². The quantitative estimate of drug-likeness (QED) is 0.674. The van der Waals surface area contributed by atoms with Gasteiger partial charge in [0.2, 0.25) is 11.8 Å². The lowest BCUT2D eigenvalue weighted by Gasteiger charge is -2.18. The molecule has 0 aliphatic carbocycles. The van der Waals surface area contributed by atoms with Crippen molar-refractivity contribution in [3.8, 4) is 6.07 Å². The lowest BCUT2D eigenvalue weighted by atomic mass is 10.1. The number of likely N-dealkylation sites (N-methyl/N-ethyl adjacent to an activating group) is 2. The topological polar surface area (TPSA) is 73.2 Å². The molecule has 78 valence electrons. The van der Waals surface area contributed by atoms with Gasteiger partial charge in [-0.1, -0.05) is 6.92 Å². The van der Waals surface area contributed by atoms with Crippen molar-refractivity contribution in [2.75, 3.05) is 20.6 Å². The Morgan fingerprint density at radius 2 is 2.14 bits per heavy atom. The molecule has 2 amide bonds. The summed E-state index contributed by atoms with van der Waals surface area (Å²) < 4.78 is 0. The van der Waals surface area contributed by atoms with Crippen molar-refractivity contribution in [1.29, 1.82) is 5.26 Å². The third-order valence-electron chi connectivity index (χ3n) is 1.90. The third kappa shape index (κ3) is 3.44. The minimum atomic E-state index is -0.648. The van der Waals surface area contributed by atoms with Crippen molar-refractivity contribution in [3.05, 3.63) is 0 Å². The van der Waals surface area contributed by atoms with E-state index in [1.807, 2.05) is 6.07 Å². The molecule has 0 heterocycles. The molecular formula is C9H15N3O2. The molecule has 0 spiro atoms. The summed E-state index contributed by atoms with van der Waals surface area (Å²) in [7, 11) is 3.01. The van der Waals surface area contributed by atoms with Gasteiger partial charge in [0.1, 0.15) is 5.92 Å². The van der Waals surface area contributed by atoms with E-state index in [9.17, 15) is 9.59 Å². The van der Waals surface area contributed by atoms with Gasteiger partial charge in [0, 0.05) is 14.1 Å². The van der Waals surface area contributed by atoms with Crippen LogP contribution in [0, 0.1) is 17.2 Å². The van der Waals surface area contributed by atoms with Crippen LogP contribution >= 0.6 is 0 Å². The zero-order valence-corrected chi connectivity index (χ0v) is 8.70. The Bertz CT molecular complexity index is 257. The lowest BCUT2D eigenvalue weighted by molar-refractivity contribution is -0.136. The smallest absolute Gasteiger partial charge is 0.240 e. The van der Waals surface area contributed by atoms with E-state index in [0.29, 0.717) is 6.42 Å². The van der Waals surface area contributed by atoms with Gasteiger partial charge in [-0.25, -0.2) is 0 Å². The summed E-state index contributed by atoms with van der Waals surface area (Å²) in [5.41, 5.74) is 0. The first-order chi connectivity index (χ1) is 6.56. The number of nitrogens with one attached hydrogen (secondary N) is 1. The Hall–Kier alpha value is -1.57. The molecule has 0 saturated carbocycles. The maximum atomic E-state index is 11.5. The minimum absolute atomic E-state index is 0.00644. The lowest BCUT2D eigenvalue weighted by Crippen LogP contribution is -2.39. The Morgan fingerprint density at radius 3 is 2.50 bits per heavy atom. The molecule has 5 nitrogen and oxygen atoms in total. The van der Waals surface area contributed by atoms with Gasteiger partial charge in [0.15, 0.2) is 0 Å². The van der Waals surface area contributed by atoms with Gasteiger partial charge in [-0.05, 0) is 6.42 Å². The molecule has 1 N–H and O–H groups in total. The fourth-order valence-electron chi connectivity index (χ4n) is 0.960. The highest BCUT2D eigenvalue weighted by molar-refractivity contribution is 5.86. The molecule has 0 rings (SSSR count). The third-order valence-corrected chi connectivity index (χ3v) is 1.90. The molecule has 0 aromatic carbocycles. The summed E-state index contributed by atoms with van der Waals surface area (Å²) in [6, 6.07) is 1.90. The standard InChI is InChI=1S/C9H15N3O2/c1-4-7(5-10)9(14)12(3)6-8(13)11-2/h7H,4,6H2,1-3H3,(H,11,13). The Balaban J connectivity index is 4.25. The summed E-state index contributed by atoms with van der Waals surface area (Å²) in [6.07, 6.45) is 0.466. The number of hydrogen-bond acceptors (Lipinski definition) is 3. The first-order valence-corrected chi connectivity index (χ1v) is 4.42. The molecule has 0 fully saturated rings. The van der Waals surface area contributed by atoms with E-state index < -0.39 is 5.92 Å². The van der Waals surface area contributed by atoms with Gasteiger partial charge in [-0.2, -0.15) is 5.26 Å². The number of nitrogens with zero attached hydrogens (tertiary/aromatic N) is 2. The van der Waals surface area contributed by atoms with Gasteiger partial charge in [0.25, 0.3) is 0 Å². The van der Waals surface area contributed by atoms with Crippen LogP contribution in [0.25, 0.3) is 0 Å². The number of amides is 2. The fraction of sp³-hybridized carbons (Fsp3) is 0.667. The van der Waals surface area contributed by atoms with Gasteiger partial charge >= 0.3 is 0 Å². The first-order valence-electron chi connectivity index (χ1n) is 4.42. The molecule has 0 aliphatic rings. The van der Waals surface area contributed by atoms with E-state index >= 15 is 0 Å². The van der Waals surface area contributed by atoms with Crippen LogP contribution in [0.15, 0.2) is 0 Å². The first kappa shape index (κ1) is 12.4. The predicted octanol–water partition coefficient (Wildman–Crippen LogP) is -0.259. The highest BCUT2D eigenvalue weighted by atomic mass is 16.2. The summed E-state index contributed by atoms with van der Waals surface area (Å²) in [5, 5.41) is 11.0. The van der Waals surface area contributed by atoms with Crippen molar-refractivity contribution in [1.82, 2.24) is 10.2 Å². The molecule has 0 aromatic heterocycles. The van der Waals surface area contributed by atoms with Crippen molar-refractivity contribution in [2.45, 2.75) is 13.3 Å². The molecule has 0 aromatic rings. The van der Waals surface area contributed by atoms with Crippen molar-refractivity contribution in [2.24, 2.45) is 5.92 Å². The average molecular weight is 197 g/mol. The number of rotatable bonds is 4. The van der Waals surface area contributed by atoms with E-state index in [2.05, 4.69) is 5.32 Å². The molecule has 0 aliphatic heterocycles. The summed E-state index contributed by atoms with van der Waals surface area (Å²) >= 11 is 0. The molecular weight excluding hydrogens is 182 g/mol. The second kappa shape index (κ2) is 5.97. The number of nitriles is 1. The molecule has 0 bridgehead atoms. The Kier molecular flexibility index (Phi) is 5.30. The highest BCUT2D eigenvalue weighted by Gasteiger charge is 2.20. The van der Waals surface area contributed by atoms with Crippen LogP contribution < -0.4 is 5.32 Å². The molecule has 1 unspecified atom stereocenters. The van der Waals surface area contributed by atoms with Crippen molar-refractivity contribution in [3.63, 3.8) is 0 Å². The average Bonchev–Trinajstić information content (AvgIpc) is 2.19. The molecule has 0 radical (unpaired) electrons. The maximum absolute atomic E-state index is 11.5. The number of hydrogen-bond donors (Lipinski definition) is 1. The van der Waals surface area contributed by atoms with Crippen LogP contribution in [-0.2, 0) is 9.59 Å². The van der Waals surface area contributed by atoms with Gasteiger partial charge in [-0.3, -0.25) is 9.59 Å². The van der Waals surface area contributed by atoms with E-state index in [-0.39, 0.29) is 18.4 Å². The van der Waals surface area contributed by atoms with E-state index in [1.54, 1.807) is 6.92 Å². The molecule has 5 heteroatoms. The molecule has 0 saturated heterocycles. The van der Waals surface area contributed by atoms with Crippen LogP contribution in [0.4, 0.5) is 0 Å². The van der Waals surface area contributed by atoms with Crippen LogP contribution in [-0.4, -0.2) is 37.4 Å². The summed E-state index contributed by atoms with van der Waals surface area (Å²) in [4.78, 5) is 23.7. The fourth-order valence-corrected chi connectivity index (χ4v) is 0.960. The highest BCUT2D eigenvalue weighted by Crippen LogP contribution is 2.04. The van der Waals surface area contributed by atoms with Crippen molar-refractivity contribution < 1.29 is 9.59 Å². The van der Waals surface area contributed by atoms with E-state index in [1.165, 1.54) is 19.0 Å². The monoisotopic (exact) mass is 197 g/mol. The SMILES string of the molecule is CCC(C#N)C(=O)N(C)CC(=O)NC. The second-order valence-electron chi connectivity index (χ2n) is 2.96. The Morgan fingerprint density at radius 1 is 1.57 bits per heavy atom. The normalized spacial score (nSPS) is 11.3. The van der Waals surface area contributed by atoms with E-state index in [4.69, 9.17) is 5.26 Å². The Labute approximate surface area is 83.7 Å².